The number of thioether (sulfide) groups is 1. The van der Waals surface area contributed by atoms with Gasteiger partial charge in [-0.05, 0) is 43.3 Å². The van der Waals surface area contributed by atoms with E-state index >= 15 is 0 Å². The molecular formula is C21H21N5O2S2. The minimum atomic E-state index is -0.0326. The van der Waals surface area contributed by atoms with Crippen molar-refractivity contribution in [3.63, 3.8) is 0 Å². The number of rotatable bonds is 7. The molecule has 154 valence electrons. The smallest absolute Gasteiger partial charge is 0.257 e. The number of thiophene rings is 1. The zero-order valence-corrected chi connectivity index (χ0v) is 18.1. The van der Waals surface area contributed by atoms with E-state index in [1.807, 2.05) is 36.4 Å². The quantitative estimate of drug-likeness (QED) is 0.371. The summed E-state index contributed by atoms with van der Waals surface area (Å²) < 4.78 is 13.5. The summed E-state index contributed by atoms with van der Waals surface area (Å²) in [6.07, 6.45) is 2.36. The van der Waals surface area contributed by atoms with Gasteiger partial charge < -0.3 is 9.26 Å². The van der Waals surface area contributed by atoms with E-state index in [0.29, 0.717) is 11.7 Å². The summed E-state index contributed by atoms with van der Waals surface area (Å²) in [4.78, 5) is 5.69. The molecule has 7 nitrogen and oxygen atoms in total. The Bertz CT molecular complexity index is 1090. The molecule has 5 rings (SSSR count). The third kappa shape index (κ3) is 4.05. The molecular weight excluding hydrogens is 418 g/mol. The molecule has 1 saturated heterocycles. The van der Waals surface area contributed by atoms with E-state index < -0.39 is 0 Å². The lowest BCUT2D eigenvalue weighted by molar-refractivity contribution is 0.0953. The van der Waals surface area contributed by atoms with E-state index in [4.69, 9.17) is 9.26 Å². The van der Waals surface area contributed by atoms with Crippen LogP contribution in [0.3, 0.4) is 0 Å². The fourth-order valence-electron chi connectivity index (χ4n) is 3.43. The fourth-order valence-corrected chi connectivity index (χ4v) is 5.04. The van der Waals surface area contributed by atoms with E-state index in [1.54, 1.807) is 23.1 Å². The minimum Gasteiger partial charge on any atom is -0.376 e. The van der Waals surface area contributed by atoms with Crippen LogP contribution in [0.1, 0.15) is 30.8 Å². The number of aromatic nitrogens is 5. The van der Waals surface area contributed by atoms with Crippen molar-refractivity contribution >= 4 is 23.1 Å². The second kappa shape index (κ2) is 8.71. The summed E-state index contributed by atoms with van der Waals surface area (Å²) in [5.41, 5.74) is 0.912. The van der Waals surface area contributed by atoms with Crippen molar-refractivity contribution in [1.29, 1.82) is 0 Å². The van der Waals surface area contributed by atoms with Gasteiger partial charge in [0.2, 0.25) is 0 Å². The van der Waals surface area contributed by atoms with Crippen LogP contribution in [0.2, 0.25) is 0 Å². The predicted molar refractivity (Wildman–Crippen MR) is 116 cm³/mol. The molecule has 1 fully saturated rings. The largest absolute Gasteiger partial charge is 0.376 e. The lowest BCUT2D eigenvalue weighted by Crippen LogP contribution is -2.16. The molecule has 3 aromatic heterocycles. The summed E-state index contributed by atoms with van der Waals surface area (Å²) in [6.45, 7) is 3.63. The zero-order chi connectivity index (χ0) is 20.3. The van der Waals surface area contributed by atoms with E-state index in [9.17, 15) is 0 Å². The Balaban J connectivity index is 1.39. The zero-order valence-electron chi connectivity index (χ0n) is 16.5. The van der Waals surface area contributed by atoms with Gasteiger partial charge >= 0.3 is 0 Å². The van der Waals surface area contributed by atoms with Crippen LogP contribution in [-0.2, 0) is 11.3 Å². The topological polar surface area (TPSA) is 78.9 Å². The van der Waals surface area contributed by atoms with Crippen molar-refractivity contribution in [1.82, 2.24) is 24.9 Å². The first-order chi connectivity index (χ1) is 14.8. The van der Waals surface area contributed by atoms with Crippen molar-refractivity contribution in [2.24, 2.45) is 0 Å². The van der Waals surface area contributed by atoms with Gasteiger partial charge in [-0.1, -0.05) is 41.2 Å². The highest BCUT2D eigenvalue weighted by Gasteiger charge is 2.25. The van der Waals surface area contributed by atoms with Crippen molar-refractivity contribution in [3.05, 3.63) is 53.7 Å². The monoisotopic (exact) mass is 439 g/mol. The molecule has 4 aromatic rings. The number of hydrogen-bond donors (Lipinski definition) is 0. The number of ether oxygens (including phenoxy) is 1. The molecule has 30 heavy (non-hydrogen) atoms. The van der Waals surface area contributed by atoms with Crippen LogP contribution in [0, 0.1) is 0 Å². The van der Waals surface area contributed by atoms with Crippen molar-refractivity contribution in [3.8, 4) is 22.2 Å². The maximum absolute atomic E-state index is 5.87. The molecule has 2 atom stereocenters. The van der Waals surface area contributed by atoms with Crippen LogP contribution in [0.4, 0.5) is 0 Å². The van der Waals surface area contributed by atoms with E-state index in [1.165, 1.54) is 0 Å². The number of nitrogens with zero attached hydrogens (tertiary/aromatic N) is 5. The summed E-state index contributed by atoms with van der Waals surface area (Å²) >= 11 is 3.25. The average molecular weight is 440 g/mol. The SMILES string of the molecule is C[C@@H](Sc1nnc(-c2cccs2)n1C[C@H]1CCCO1)c1noc(-c2ccccc2)n1. The van der Waals surface area contributed by atoms with Gasteiger partial charge in [0.05, 0.1) is 22.8 Å². The Hall–Kier alpha value is -2.49. The lowest BCUT2D eigenvalue weighted by atomic mass is 10.2. The van der Waals surface area contributed by atoms with Crippen LogP contribution in [0.15, 0.2) is 57.5 Å². The van der Waals surface area contributed by atoms with Gasteiger partial charge in [0.15, 0.2) is 16.8 Å². The van der Waals surface area contributed by atoms with Gasteiger partial charge in [-0.3, -0.25) is 4.57 Å². The van der Waals surface area contributed by atoms with Gasteiger partial charge in [-0.2, -0.15) is 4.98 Å². The van der Waals surface area contributed by atoms with Gasteiger partial charge in [0.1, 0.15) is 0 Å². The van der Waals surface area contributed by atoms with Gasteiger partial charge in [0, 0.05) is 12.2 Å². The molecule has 0 amide bonds. The van der Waals surface area contributed by atoms with E-state index in [-0.39, 0.29) is 11.4 Å². The first-order valence-electron chi connectivity index (χ1n) is 9.92. The highest BCUT2D eigenvalue weighted by Crippen LogP contribution is 2.36. The second-order valence-corrected chi connectivity index (χ2v) is 9.37. The molecule has 0 aliphatic carbocycles. The van der Waals surface area contributed by atoms with Crippen molar-refractivity contribution < 1.29 is 9.26 Å². The van der Waals surface area contributed by atoms with Gasteiger partial charge in [-0.25, -0.2) is 0 Å². The predicted octanol–water partition coefficient (Wildman–Crippen LogP) is 5.09. The molecule has 0 bridgehead atoms. The lowest BCUT2D eigenvalue weighted by Gasteiger charge is -2.15. The molecule has 9 heteroatoms. The molecule has 0 saturated carbocycles. The molecule has 1 aliphatic heterocycles. The maximum Gasteiger partial charge on any atom is 0.257 e. The second-order valence-electron chi connectivity index (χ2n) is 7.11. The first kappa shape index (κ1) is 19.5. The summed E-state index contributed by atoms with van der Waals surface area (Å²) in [5.74, 6) is 2.05. The van der Waals surface area contributed by atoms with E-state index in [0.717, 1.165) is 47.4 Å². The van der Waals surface area contributed by atoms with Crippen LogP contribution in [0.25, 0.3) is 22.2 Å². The third-order valence-corrected chi connectivity index (χ3v) is 6.92. The van der Waals surface area contributed by atoms with E-state index in [2.05, 4.69) is 43.3 Å². The molecule has 1 aromatic carbocycles. The highest BCUT2D eigenvalue weighted by molar-refractivity contribution is 7.99. The maximum atomic E-state index is 5.87. The Labute approximate surface area is 182 Å². The average Bonchev–Trinajstić information content (AvgIpc) is 3.57. The Morgan fingerprint density at radius 1 is 1.20 bits per heavy atom. The highest BCUT2D eigenvalue weighted by atomic mass is 32.2. The van der Waals surface area contributed by atoms with Crippen LogP contribution >= 0.6 is 23.1 Å². The van der Waals surface area contributed by atoms with Crippen molar-refractivity contribution in [2.75, 3.05) is 6.61 Å². The molecule has 0 N–H and O–H groups in total. The van der Waals surface area contributed by atoms with Crippen LogP contribution in [0.5, 0.6) is 0 Å². The summed E-state index contributed by atoms with van der Waals surface area (Å²) in [5, 5.41) is 16.0. The van der Waals surface area contributed by atoms with Crippen molar-refractivity contribution in [2.45, 2.75) is 42.8 Å². The Morgan fingerprint density at radius 3 is 2.87 bits per heavy atom. The van der Waals surface area contributed by atoms with Crippen LogP contribution < -0.4 is 0 Å². The molecule has 0 unspecified atom stereocenters. The minimum absolute atomic E-state index is 0.0326. The normalized spacial score (nSPS) is 17.4. The fraction of sp³-hybridized carbons (Fsp3) is 0.333. The Morgan fingerprint density at radius 2 is 2.10 bits per heavy atom. The first-order valence-corrected chi connectivity index (χ1v) is 11.7. The number of benzene rings is 1. The summed E-state index contributed by atoms with van der Waals surface area (Å²) in [6, 6.07) is 13.9. The third-order valence-electron chi connectivity index (χ3n) is 4.98. The summed E-state index contributed by atoms with van der Waals surface area (Å²) in [7, 11) is 0. The molecule has 0 spiro atoms. The van der Waals surface area contributed by atoms with Crippen LogP contribution in [-0.4, -0.2) is 37.6 Å². The van der Waals surface area contributed by atoms with Gasteiger partial charge in [0.25, 0.3) is 5.89 Å². The van der Waals surface area contributed by atoms with Gasteiger partial charge in [-0.15, -0.1) is 21.5 Å². The molecule has 0 radical (unpaired) electrons. The Kier molecular flexibility index (Phi) is 5.65. The molecule has 4 heterocycles. The molecule has 1 aliphatic rings. The number of hydrogen-bond acceptors (Lipinski definition) is 8. The standard InChI is InChI=1S/C21H21N5O2S2/c1-14(18-22-20(28-25-18)15-7-3-2-4-8-15)30-21-24-23-19(17-10-6-12-29-17)26(21)13-16-9-5-11-27-16/h2-4,6-8,10,12,14,16H,5,9,11,13H2,1H3/t14-,16-/m1/s1.